The zero-order valence-corrected chi connectivity index (χ0v) is 8.63. The van der Waals surface area contributed by atoms with Gasteiger partial charge in [-0.25, -0.2) is 4.79 Å². The molecule has 4 nitrogen and oxygen atoms in total. The van der Waals surface area contributed by atoms with Crippen molar-refractivity contribution in [2.75, 3.05) is 0 Å². The Bertz CT molecular complexity index is 337. The zero-order chi connectivity index (χ0) is 10.3. The lowest BCUT2D eigenvalue weighted by atomic mass is 10.1. The average Bonchev–Trinajstić information content (AvgIpc) is 2.39. The third-order valence-corrected chi connectivity index (χ3v) is 3.70. The Morgan fingerprint density at radius 2 is 2.43 bits per heavy atom. The number of amides is 1. The summed E-state index contributed by atoms with van der Waals surface area (Å²) < 4.78 is 0. The number of allylic oxidation sites excluding steroid dienone is 1. The molecule has 1 N–H and O–H groups in total. The summed E-state index contributed by atoms with van der Waals surface area (Å²) in [6.07, 6.45) is 2.15. The molecule has 1 fully saturated rings. The van der Waals surface area contributed by atoms with Crippen LogP contribution in [0.15, 0.2) is 10.6 Å². The first-order valence-electron chi connectivity index (χ1n) is 4.60. The van der Waals surface area contributed by atoms with Crippen LogP contribution >= 0.6 is 11.8 Å². The molecule has 76 valence electrons. The van der Waals surface area contributed by atoms with Crippen LogP contribution in [0.25, 0.3) is 0 Å². The first kappa shape index (κ1) is 9.58. The minimum Gasteiger partial charge on any atom is -0.477 e. The number of carboxylic acid groups (broad SMARTS) is 1. The number of nitrogens with zero attached hydrogens (tertiary/aromatic N) is 1. The Morgan fingerprint density at radius 1 is 1.71 bits per heavy atom. The molecule has 1 saturated heterocycles. The average molecular weight is 213 g/mol. The minimum absolute atomic E-state index is 0.0639. The molecule has 0 saturated carbocycles. The molecule has 1 amide bonds. The van der Waals surface area contributed by atoms with Crippen molar-refractivity contribution < 1.29 is 14.7 Å². The number of rotatable bonds is 3. The molecule has 14 heavy (non-hydrogen) atoms. The predicted molar refractivity (Wildman–Crippen MR) is 52.4 cm³/mol. The van der Waals surface area contributed by atoms with Crippen molar-refractivity contribution in [3.05, 3.63) is 10.6 Å². The van der Waals surface area contributed by atoms with Gasteiger partial charge >= 0.3 is 5.97 Å². The molecule has 2 rings (SSSR count). The van der Waals surface area contributed by atoms with Crippen molar-refractivity contribution in [2.24, 2.45) is 0 Å². The van der Waals surface area contributed by atoms with E-state index >= 15 is 0 Å². The fourth-order valence-corrected chi connectivity index (χ4v) is 3.23. The topological polar surface area (TPSA) is 57.6 Å². The van der Waals surface area contributed by atoms with Gasteiger partial charge in [0.05, 0.1) is 11.8 Å². The molecule has 2 aliphatic rings. The summed E-state index contributed by atoms with van der Waals surface area (Å²) in [6.45, 7) is 2.00. The van der Waals surface area contributed by atoms with Crippen LogP contribution in [0, 0.1) is 0 Å². The highest BCUT2D eigenvalue weighted by molar-refractivity contribution is 8.04. The molecule has 0 aromatic heterocycles. The van der Waals surface area contributed by atoms with Crippen LogP contribution < -0.4 is 0 Å². The number of hydrogen-bond acceptors (Lipinski definition) is 3. The number of hydrogen-bond donors (Lipinski definition) is 1. The highest BCUT2D eigenvalue weighted by Gasteiger charge is 2.47. The first-order chi connectivity index (χ1) is 6.65. The Kier molecular flexibility index (Phi) is 2.26. The Morgan fingerprint density at radius 3 is 2.93 bits per heavy atom. The summed E-state index contributed by atoms with van der Waals surface area (Å²) in [4.78, 5) is 24.4. The van der Waals surface area contributed by atoms with Crippen molar-refractivity contribution in [3.8, 4) is 0 Å². The molecular weight excluding hydrogens is 202 g/mol. The van der Waals surface area contributed by atoms with Gasteiger partial charge in [-0.3, -0.25) is 9.69 Å². The van der Waals surface area contributed by atoms with Gasteiger partial charge in [-0.1, -0.05) is 13.3 Å². The van der Waals surface area contributed by atoms with Gasteiger partial charge < -0.3 is 5.11 Å². The molecule has 2 aliphatic heterocycles. The van der Waals surface area contributed by atoms with Crippen LogP contribution in [0.2, 0.25) is 0 Å². The number of carbonyl (C=O) groups excluding carboxylic acids is 1. The molecule has 0 aliphatic carbocycles. The number of β-lactam (4-membered cyclic amide) rings is 1. The van der Waals surface area contributed by atoms with Gasteiger partial charge in [0.15, 0.2) is 0 Å². The Balaban J connectivity index is 2.28. The first-order valence-corrected chi connectivity index (χ1v) is 5.48. The Hall–Kier alpha value is -0.970. The van der Waals surface area contributed by atoms with Crippen molar-refractivity contribution >= 4 is 23.6 Å². The summed E-state index contributed by atoms with van der Waals surface area (Å²) in [6, 6.07) is 0. The van der Waals surface area contributed by atoms with Crippen LogP contribution in [-0.4, -0.2) is 27.3 Å². The zero-order valence-electron chi connectivity index (χ0n) is 7.82. The van der Waals surface area contributed by atoms with Gasteiger partial charge in [0.25, 0.3) is 0 Å². The normalized spacial score (nSPS) is 25.1. The summed E-state index contributed by atoms with van der Waals surface area (Å²) >= 11 is 1.53. The second-order valence-corrected chi connectivity index (χ2v) is 4.64. The summed E-state index contributed by atoms with van der Waals surface area (Å²) in [5.74, 6) is -1.04. The monoisotopic (exact) mass is 213 g/mol. The van der Waals surface area contributed by atoms with Crippen molar-refractivity contribution in [1.82, 2.24) is 4.90 Å². The summed E-state index contributed by atoms with van der Waals surface area (Å²) in [5.41, 5.74) is 0.220. The minimum atomic E-state index is -0.975. The van der Waals surface area contributed by atoms with Gasteiger partial charge in [-0.15, -0.1) is 11.8 Å². The van der Waals surface area contributed by atoms with E-state index in [4.69, 9.17) is 5.11 Å². The fraction of sp³-hybridized carbons (Fsp3) is 0.556. The lowest BCUT2D eigenvalue weighted by molar-refractivity contribution is -0.145. The highest BCUT2D eigenvalue weighted by atomic mass is 32.2. The molecule has 1 atom stereocenters. The molecule has 5 heteroatoms. The van der Waals surface area contributed by atoms with Gasteiger partial charge in [0.2, 0.25) is 5.91 Å². The molecule has 0 bridgehead atoms. The molecular formula is C9H11NO3S. The van der Waals surface area contributed by atoms with Gasteiger partial charge in [-0.05, 0) is 6.42 Å². The smallest absolute Gasteiger partial charge is 0.353 e. The second-order valence-electron chi connectivity index (χ2n) is 3.37. The van der Waals surface area contributed by atoms with Crippen molar-refractivity contribution in [1.29, 1.82) is 0 Å². The van der Waals surface area contributed by atoms with E-state index in [1.165, 1.54) is 16.7 Å². The summed E-state index contributed by atoms with van der Waals surface area (Å²) in [5, 5.41) is 9.05. The van der Waals surface area contributed by atoms with Crippen LogP contribution in [-0.2, 0) is 9.59 Å². The third-order valence-electron chi connectivity index (χ3n) is 2.37. The van der Waals surface area contributed by atoms with Gasteiger partial charge in [0.1, 0.15) is 5.70 Å². The number of fused-ring (bicyclic) bond motifs is 1. The van der Waals surface area contributed by atoms with Crippen LogP contribution in [0.1, 0.15) is 26.2 Å². The van der Waals surface area contributed by atoms with Crippen LogP contribution in [0.3, 0.4) is 0 Å². The van der Waals surface area contributed by atoms with Gasteiger partial charge in [0, 0.05) is 4.91 Å². The largest absolute Gasteiger partial charge is 0.477 e. The van der Waals surface area contributed by atoms with E-state index in [1.54, 1.807) is 0 Å². The summed E-state index contributed by atoms with van der Waals surface area (Å²) in [7, 11) is 0. The van der Waals surface area contributed by atoms with E-state index in [-0.39, 0.29) is 17.0 Å². The molecule has 2 heterocycles. The predicted octanol–water partition coefficient (Wildman–Crippen LogP) is 1.39. The molecule has 0 radical (unpaired) electrons. The van der Waals surface area contributed by atoms with E-state index < -0.39 is 5.97 Å². The Labute approximate surface area is 86.0 Å². The van der Waals surface area contributed by atoms with Crippen LogP contribution in [0.4, 0.5) is 0 Å². The number of carbonyl (C=O) groups is 2. The lowest BCUT2D eigenvalue weighted by Crippen LogP contribution is -2.48. The van der Waals surface area contributed by atoms with E-state index in [1.807, 2.05) is 6.92 Å². The van der Waals surface area contributed by atoms with E-state index in [2.05, 4.69) is 0 Å². The number of aliphatic carboxylic acids is 1. The van der Waals surface area contributed by atoms with E-state index in [0.717, 1.165) is 17.7 Å². The maximum atomic E-state index is 11.2. The fourth-order valence-electron chi connectivity index (χ4n) is 1.73. The molecule has 0 spiro atoms. The number of carboxylic acids is 1. The van der Waals surface area contributed by atoms with Crippen molar-refractivity contribution in [3.63, 3.8) is 0 Å². The third kappa shape index (κ3) is 1.23. The molecule has 0 aromatic carbocycles. The molecule has 0 aromatic rings. The van der Waals surface area contributed by atoms with E-state index in [0.29, 0.717) is 6.42 Å². The lowest BCUT2D eigenvalue weighted by Gasteiger charge is -2.33. The van der Waals surface area contributed by atoms with E-state index in [9.17, 15) is 9.59 Å². The molecule has 0 unspecified atom stereocenters. The SMILES string of the molecule is CCCC1=C(C(=O)O)N2C(=O)C[C@H]2S1. The van der Waals surface area contributed by atoms with Crippen LogP contribution in [0.5, 0.6) is 0 Å². The second kappa shape index (κ2) is 3.31. The highest BCUT2D eigenvalue weighted by Crippen LogP contribution is 2.47. The number of thioether (sulfide) groups is 1. The maximum absolute atomic E-state index is 11.2. The van der Waals surface area contributed by atoms with Crippen molar-refractivity contribution in [2.45, 2.75) is 31.6 Å². The quantitative estimate of drug-likeness (QED) is 0.720. The maximum Gasteiger partial charge on any atom is 0.353 e. The standard InChI is InChI=1S/C9H11NO3S/c1-2-3-5-8(9(12)13)10-6(11)4-7(10)14-5/h7H,2-4H2,1H3,(H,12,13)/t7-/m1/s1. The van der Waals surface area contributed by atoms with Gasteiger partial charge in [-0.2, -0.15) is 0 Å².